The van der Waals surface area contributed by atoms with Crippen molar-refractivity contribution in [1.82, 2.24) is 15.1 Å². The molecule has 18 heavy (non-hydrogen) atoms. The Morgan fingerprint density at radius 3 is 2.56 bits per heavy atom. The Bertz CT molecular complexity index is 408. The Labute approximate surface area is 106 Å². The van der Waals surface area contributed by atoms with Gasteiger partial charge in [-0.2, -0.15) is 0 Å². The lowest BCUT2D eigenvalue weighted by atomic mass is 9.82. The molecule has 0 amide bonds. The molecule has 1 aliphatic rings. The molecule has 0 atom stereocenters. The molecule has 6 nitrogen and oxygen atoms in total. The summed E-state index contributed by atoms with van der Waals surface area (Å²) in [6, 6.07) is 0. The number of hydrogen-bond donors (Lipinski definition) is 1. The van der Waals surface area contributed by atoms with Gasteiger partial charge in [0.1, 0.15) is 0 Å². The zero-order valence-electron chi connectivity index (χ0n) is 10.8. The van der Waals surface area contributed by atoms with E-state index in [0.29, 0.717) is 31.2 Å². The van der Waals surface area contributed by atoms with Crippen LogP contribution in [-0.2, 0) is 11.3 Å². The summed E-state index contributed by atoms with van der Waals surface area (Å²) in [7, 11) is 3.89. The van der Waals surface area contributed by atoms with Gasteiger partial charge in [0.2, 0.25) is 11.8 Å². The van der Waals surface area contributed by atoms with Crippen molar-refractivity contribution in [1.29, 1.82) is 0 Å². The molecule has 0 aliphatic heterocycles. The predicted molar refractivity (Wildman–Crippen MR) is 64.0 cm³/mol. The van der Waals surface area contributed by atoms with E-state index in [0.717, 1.165) is 12.8 Å². The number of carboxylic acid groups (broad SMARTS) is 1. The highest BCUT2D eigenvalue weighted by Crippen LogP contribution is 2.35. The smallest absolute Gasteiger partial charge is 0.306 e. The molecule has 0 bridgehead atoms. The average Bonchev–Trinajstić information content (AvgIpc) is 2.76. The number of carbonyl (C=O) groups is 1. The van der Waals surface area contributed by atoms with Gasteiger partial charge in [0.15, 0.2) is 0 Å². The summed E-state index contributed by atoms with van der Waals surface area (Å²) in [5.41, 5.74) is 0. The standard InChI is InChI=1S/C12H19N3O3/c1-15(2)7-10-13-14-11(18-10)8-3-5-9(6-4-8)12(16)17/h8-9H,3-7H2,1-2H3,(H,16,17)/t8-,9-. The van der Waals surface area contributed by atoms with Crippen LogP contribution in [0.2, 0.25) is 0 Å². The Balaban J connectivity index is 1.93. The van der Waals surface area contributed by atoms with Crippen molar-refractivity contribution >= 4 is 5.97 Å². The Kier molecular flexibility index (Phi) is 3.96. The van der Waals surface area contributed by atoms with Crippen LogP contribution in [-0.4, -0.2) is 40.3 Å². The number of aromatic nitrogens is 2. The van der Waals surface area contributed by atoms with E-state index in [4.69, 9.17) is 9.52 Å². The molecule has 1 aromatic rings. The third-order valence-electron chi connectivity index (χ3n) is 3.36. The van der Waals surface area contributed by atoms with Gasteiger partial charge in [-0.1, -0.05) is 0 Å². The van der Waals surface area contributed by atoms with Gasteiger partial charge in [-0.3, -0.25) is 4.79 Å². The fourth-order valence-electron chi connectivity index (χ4n) is 2.35. The first-order valence-corrected chi connectivity index (χ1v) is 6.26. The van der Waals surface area contributed by atoms with Crippen molar-refractivity contribution in [2.75, 3.05) is 14.1 Å². The van der Waals surface area contributed by atoms with Crippen molar-refractivity contribution in [2.24, 2.45) is 5.92 Å². The first-order chi connectivity index (χ1) is 8.56. The lowest BCUT2D eigenvalue weighted by Gasteiger charge is -2.23. The lowest BCUT2D eigenvalue weighted by Crippen LogP contribution is -2.20. The van der Waals surface area contributed by atoms with Crippen LogP contribution in [0, 0.1) is 5.92 Å². The summed E-state index contributed by atoms with van der Waals surface area (Å²) in [6.45, 7) is 0.636. The van der Waals surface area contributed by atoms with Crippen LogP contribution in [0.3, 0.4) is 0 Å². The van der Waals surface area contributed by atoms with E-state index in [1.54, 1.807) is 0 Å². The molecule has 1 fully saturated rings. The monoisotopic (exact) mass is 253 g/mol. The van der Waals surface area contributed by atoms with Crippen LogP contribution in [0.5, 0.6) is 0 Å². The zero-order valence-corrected chi connectivity index (χ0v) is 10.8. The van der Waals surface area contributed by atoms with Crippen molar-refractivity contribution < 1.29 is 14.3 Å². The molecule has 100 valence electrons. The second kappa shape index (κ2) is 5.48. The molecule has 0 unspecified atom stereocenters. The second-order valence-corrected chi connectivity index (χ2v) is 5.16. The van der Waals surface area contributed by atoms with E-state index in [9.17, 15) is 4.79 Å². The van der Waals surface area contributed by atoms with Crippen LogP contribution in [0.4, 0.5) is 0 Å². The number of nitrogens with zero attached hydrogens (tertiary/aromatic N) is 3. The molecule has 0 saturated heterocycles. The van der Waals surface area contributed by atoms with Crippen molar-refractivity contribution in [2.45, 2.75) is 38.1 Å². The van der Waals surface area contributed by atoms with Crippen molar-refractivity contribution in [3.63, 3.8) is 0 Å². The average molecular weight is 253 g/mol. The maximum atomic E-state index is 10.9. The van der Waals surface area contributed by atoms with E-state index >= 15 is 0 Å². The number of aliphatic carboxylic acids is 1. The zero-order chi connectivity index (χ0) is 13.1. The molecule has 6 heteroatoms. The molecule has 0 radical (unpaired) electrons. The first kappa shape index (κ1) is 13.0. The van der Waals surface area contributed by atoms with Gasteiger partial charge in [0, 0.05) is 5.92 Å². The van der Waals surface area contributed by atoms with Gasteiger partial charge in [-0.05, 0) is 39.8 Å². The van der Waals surface area contributed by atoms with Crippen LogP contribution in [0.1, 0.15) is 43.4 Å². The highest BCUT2D eigenvalue weighted by atomic mass is 16.4. The lowest BCUT2D eigenvalue weighted by molar-refractivity contribution is -0.142. The van der Waals surface area contributed by atoms with Gasteiger partial charge in [0.25, 0.3) is 0 Å². The summed E-state index contributed by atoms with van der Waals surface area (Å²) in [5.74, 6) is 0.618. The molecule has 1 aromatic heterocycles. The number of hydrogen-bond acceptors (Lipinski definition) is 5. The molecule has 0 aromatic carbocycles. The number of carboxylic acids is 1. The van der Waals surface area contributed by atoms with Crippen LogP contribution in [0.15, 0.2) is 4.42 Å². The number of rotatable bonds is 4. The largest absolute Gasteiger partial charge is 0.481 e. The Morgan fingerprint density at radius 2 is 2.00 bits per heavy atom. The maximum absolute atomic E-state index is 10.9. The van der Waals surface area contributed by atoms with Crippen molar-refractivity contribution in [3.8, 4) is 0 Å². The van der Waals surface area contributed by atoms with E-state index in [2.05, 4.69) is 10.2 Å². The van der Waals surface area contributed by atoms with Gasteiger partial charge in [-0.25, -0.2) is 0 Å². The van der Waals surface area contributed by atoms with Gasteiger partial charge in [-0.15, -0.1) is 10.2 Å². The SMILES string of the molecule is CN(C)Cc1nnc([C@H]2CC[C@H](C(=O)O)CC2)o1. The molecule has 1 aliphatic carbocycles. The van der Waals surface area contributed by atoms with E-state index < -0.39 is 5.97 Å². The summed E-state index contributed by atoms with van der Waals surface area (Å²) in [5, 5.41) is 17.0. The van der Waals surface area contributed by atoms with Crippen molar-refractivity contribution in [3.05, 3.63) is 11.8 Å². The minimum Gasteiger partial charge on any atom is -0.481 e. The fourth-order valence-corrected chi connectivity index (χ4v) is 2.35. The van der Waals surface area contributed by atoms with Crippen LogP contribution >= 0.6 is 0 Å². The van der Waals surface area contributed by atoms with Crippen LogP contribution in [0.25, 0.3) is 0 Å². The normalized spacial score (nSPS) is 24.4. The van der Waals surface area contributed by atoms with Gasteiger partial charge >= 0.3 is 5.97 Å². The van der Waals surface area contributed by atoms with Gasteiger partial charge < -0.3 is 14.4 Å². The van der Waals surface area contributed by atoms with E-state index in [-0.39, 0.29) is 11.8 Å². The summed E-state index contributed by atoms with van der Waals surface area (Å²) >= 11 is 0. The molecule has 1 saturated carbocycles. The third kappa shape index (κ3) is 3.07. The fraction of sp³-hybridized carbons (Fsp3) is 0.750. The third-order valence-corrected chi connectivity index (χ3v) is 3.36. The van der Waals surface area contributed by atoms with Gasteiger partial charge in [0.05, 0.1) is 12.5 Å². The minimum absolute atomic E-state index is 0.203. The molecule has 0 spiro atoms. The molecule has 1 N–H and O–H groups in total. The quantitative estimate of drug-likeness (QED) is 0.875. The minimum atomic E-state index is -0.688. The van der Waals surface area contributed by atoms with Crippen LogP contribution < -0.4 is 0 Å². The van der Waals surface area contributed by atoms with E-state index in [1.165, 1.54) is 0 Å². The highest BCUT2D eigenvalue weighted by Gasteiger charge is 2.29. The predicted octanol–water partition coefficient (Wildman–Crippen LogP) is 1.49. The molecular formula is C12H19N3O3. The summed E-state index contributed by atoms with van der Waals surface area (Å²) in [4.78, 5) is 12.8. The molecule has 2 rings (SSSR count). The topological polar surface area (TPSA) is 79.5 Å². The molecule has 1 heterocycles. The summed E-state index contributed by atoms with van der Waals surface area (Å²) < 4.78 is 5.62. The Morgan fingerprint density at radius 1 is 1.33 bits per heavy atom. The Hall–Kier alpha value is -1.43. The molecular weight excluding hydrogens is 234 g/mol. The maximum Gasteiger partial charge on any atom is 0.306 e. The second-order valence-electron chi connectivity index (χ2n) is 5.16. The summed E-state index contributed by atoms with van der Waals surface area (Å²) in [6.07, 6.45) is 3.04. The van der Waals surface area contributed by atoms with E-state index in [1.807, 2.05) is 19.0 Å². The highest BCUT2D eigenvalue weighted by molar-refractivity contribution is 5.70. The first-order valence-electron chi connectivity index (χ1n) is 6.26.